The molecule has 25 heavy (non-hydrogen) atoms. The zero-order chi connectivity index (χ0) is 17.8. The molecular weight excluding hydrogens is 336 g/mol. The van der Waals surface area contributed by atoms with E-state index in [9.17, 15) is 4.79 Å². The van der Waals surface area contributed by atoms with Crippen molar-refractivity contribution < 1.29 is 9.53 Å². The highest BCUT2D eigenvalue weighted by atomic mass is 35.5. The van der Waals surface area contributed by atoms with Gasteiger partial charge in [-0.15, -0.1) is 0 Å². The van der Waals surface area contributed by atoms with Crippen molar-refractivity contribution in [3.8, 4) is 5.75 Å². The first-order chi connectivity index (χ1) is 12.1. The van der Waals surface area contributed by atoms with Gasteiger partial charge >= 0.3 is 0 Å². The zero-order valence-corrected chi connectivity index (χ0v) is 14.9. The highest BCUT2D eigenvalue weighted by Gasteiger charge is 2.10. The van der Waals surface area contributed by atoms with Gasteiger partial charge in [0.05, 0.1) is 19.3 Å². The fourth-order valence-electron chi connectivity index (χ4n) is 2.61. The van der Waals surface area contributed by atoms with Crippen molar-refractivity contribution in [2.75, 3.05) is 24.3 Å². The Morgan fingerprint density at radius 2 is 1.84 bits per heavy atom. The van der Waals surface area contributed by atoms with Crippen LogP contribution in [-0.4, -0.2) is 19.6 Å². The molecule has 0 fully saturated rings. The molecule has 0 aromatic heterocycles. The van der Waals surface area contributed by atoms with Crippen molar-refractivity contribution in [2.45, 2.75) is 6.92 Å². The zero-order valence-electron chi connectivity index (χ0n) is 14.1. The van der Waals surface area contributed by atoms with Gasteiger partial charge in [0.2, 0.25) is 5.91 Å². The highest BCUT2D eigenvalue weighted by Crippen LogP contribution is 2.30. The number of rotatable bonds is 5. The number of amides is 1. The summed E-state index contributed by atoms with van der Waals surface area (Å²) in [5.41, 5.74) is 2.38. The minimum atomic E-state index is -0.159. The fourth-order valence-corrected chi connectivity index (χ4v) is 2.76. The van der Waals surface area contributed by atoms with Gasteiger partial charge < -0.3 is 15.4 Å². The monoisotopic (exact) mass is 354 g/mol. The van der Waals surface area contributed by atoms with Crippen LogP contribution in [0.2, 0.25) is 5.02 Å². The molecule has 0 unspecified atom stereocenters. The van der Waals surface area contributed by atoms with Gasteiger partial charge in [-0.2, -0.15) is 0 Å². The molecule has 1 amide bonds. The molecule has 0 aliphatic rings. The number of fused-ring (bicyclic) bond motifs is 1. The SMILES string of the molecule is COc1cc(Cl)c(C)cc1NC(=O)CNc1ccc2ccccc2c1. The maximum Gasteiger partial charge on any atom is 0.243 e. The fraction of sp³-hybridized carbons (Fsp3) is 0.150. The Kier molecular flexibility index (Phi) is 5.10. The van der Waals surface area contributed by atoms with E-state index in [-0.39, 0.29) is 12.5 Å². The summed E-state index contributed by atoms with van der Waals surface area (Å²) in [6.45, 7) is 2.04. The average molecular weight is 355 g/mol. The van der Waals surface area contributed by atoms with Gasteiger partial charge in [0.15, 0.2) is 0 Å². The van der Waals surface area contributed by atoms with E-state index in [2.05, 4.69) is 16.7 Å². The van der Waals surface area contributed by atoms with E-state index in [1.807, 2.05) is 43.3 Å². The van der Waals surface area contributed by atoms with Gasteiger partial charge in [0, 0.05) is 16.8 Å². The predicted octanol–water partition coefficient (Wildman–Crippen LogP) is 4.86. The molecule has 0 spiro atoms. The molecule has 0 bridgehead atoms. The lowest BCUT2D eigenvalue weighted by molar-refractivity contribution is -0.114. The summed E-state index contributed by atoms with van der Waals surface area (Å²) in [5, 5.41) is 8.89. The van der Waals surface area contributed by atoms with E-state index < -0.39 is 0 Å². The molecule has 0 aliphatic carbocycles. The molecule has 128 valence electrons. The number of halogens is 1. The Morgan fingerprint density at radius 1 is 1.08 bits per heavy atom. The topological polar surface area (TPSA) is 50.4 Å². The number of anilines is 2. The van der Waals surface area contributed by atoms with Crippen molar-refractivity contribution in [1.82, 2.24) is 0 Å². The van der Waals surface area contributed by atoms with Crippen molar-refractivity contribution in [1.29, 1.82) is 0 Å². The number of ether oxygens (including phenoxy) is 1. The van der Waals surface area contributed by atoms with Crippen LogP contribution in [0, 0.1) is 6.92 Å². The number of carbonyl (C=O) groups is 1. The second-order valence-electron chi connectivity index (χ2n) is 5.77. The van der Waals surface area contributed by atoms with Crippen molar-refractivity contribution in [3.05, 3.63) is 65.2 Å². The summed E-state index contributed by atoms with van der Waals surface area (Å²) in [5.74, 6) is 0.378. The summed E-state index contributed by atoms with van der Waals surface area (Å²) >= 11 is 6.08. The van der Waals surface area contributed by atoms with Crippen LogP contribution in [0.25, 0.3) is 10.8 Å². The second kappa shape index (κ2) is 7.45. The molecule has 0 aliphatic heterocycles. The Bertz CT molecular complexity index is 925. The molecule has 0 saturated heterocycles. The van der Waals surface area contributed by atoms with Crippen LogP contribution in [0.3, 0.4) is 0 Å². The third kappa shape index (κ3) is 4.03. The Balaban J connectivity index is 1.67. The third-order valence-corrected chi connectivity index (χ3v) is 4.36. The smallest absolute Gasteiger partial charge is 0.243 e. The second-order valence-corrected chi connectivity index (χ2v) is 6.17. The standard InChI is InChI=1S/C20H19ClN2O2/c1-13-9-18(19(25-2)11-17(13)21)23-20(24)12-22-16-8-7-14-5-3-4-6-15(14)10-16/h3-11,22H,12H2,1-2H3,(H,23,24). The number of hydrogen-bond donors (Lipinski definition) is 2. The van der Waals surface area contributed by atoms with Crippen LogP contribution in [-0.2, 0) is 4.79 Å². The van der Waals surface area contributed by atoms with Gasteiger partial charge in [-0.3, -0.25) is 4.79 Å². The van der Waals surface area contributed by atoms with Crippen LogP contribution in [0.1, 0.15) is 5.56 Å². The number of methoxy groups -OCH3 is 1. The molecule has 2 N–H and O–H groups in total. The van der Waals surface area contributed by atoms with Crippen LogP contribution in [0.15, 0.2) is 54.6 Å². The largest absolute Gasteiger partial charge is 0.495 e. The van der Waals surface area contributed by atoms with E-state index in [0.717, 1.165) is 16.6 Å². The third-order valence-electron chi connectivity index (χ3n) is 3.96. The number of hydrogen-bond acceptors (Lipinski definition) is 3. The number of nitrogens with one attached hydrogen (secondary N) is 2. The molecule has 0 heterocycles. The number of benzene rings is 3. The first-order valence-corrected chi connectivity index (χ1v) is 8.31. The Morgan fingerprint density at radius 3 is 2.60 bits per heavy atom. The lowest BCUT2D eigenvalue weighted by atomic mass is 10.1. The van der Waals surface area contributed by atoms with Gasteiger partial charge in [-0.1, -0.05) is 41.9 Å². The molecule has 0 saturated carbocycles. The van der Waals surface area contributed by atoms with Crippen molar-refractivity contribution in [2.24, 2.45) is 0 Å². The van der Waals surface area contributed by atoms with E-state index in [1.165, 1.54) is 5.39 Å². The number of aryl methyl sites for hydroxylation is 1. The van der Waals surface area contributed by atoms with Gasteiger partial charge in [0.25, 0.3) is 0 Å². The maximum absolute atomic E-state index is 12.3. The Hall–Kier alpha value is -2.72. The number of carbonyl (C=O) groups excluding carboxylic acids is 1. The maximum atomic E-state index is 12.3. The van der Waals surface area contributed by atoms with E-state index >= 15 is 0 Å². The van der Waals surface area contributed by atoms with Gasteiger partial charge in [-0.05, 0) is 41.5 Å². The van der Waals surface area contributed by atoms with Crippen LogP contribution in [0.5, 0.6) is 5.75 Å². The average Bonchev–Trinajstić information content (AvgIpc) is 2.62. The van der Waals surface area contributed by atoms with Crippen molar-refractivity contribution in [3.63, 3.8) is 0 Å². The quantitative estimate of drug-likeness (QED) is 0.687. The molecule has 0 radical (unpaired) electrons. The molecule has 5 heteroatoms. The summed E-state index contributed by atoms with van der Waals surface area (Å²) in [4.78, 5) is 12.3. The minimum absolute atomic E-state index is 0.156. The van der Waals surface area contributed by atoms with E-state index in [4.69, 9.17) is 16.3 Å². The summed E-state index contributed by atoms with van der Waals surface area (Å²) < 4.78 is 5.27. The van der Waals surface area contributed by atoms with Crippen molar-refractivity contribution >= 4 is 39.7 Å². The lowest BCUT2D eigenvalue weighted by Gasteiger charge is -2.13. The minimum Gasteiger partial charge on any atom is -0.495 e. The predicted molar refractivity (Wildman–Crippen MR) is 104 cm³/mol. The first-order valence-electron chi connectivity index (χ1n) is 7.93. The molecule has 3 aromatic carbocycles. The molecule has 3 rings (SSSR count). The molecule has 3 aromatic rings. The van der Waals surface area contributed by atoms with Crippen LogP contribution in [0.4, 0.5) is 11.4 Å². The normalized spacial score (nSPS) is 10.5. The van der Waals surface area contributed by atoms with Crippen LogP contribution >= 0.6 is 11.6 Å². The molecule has 0 atom stereocenters. The van der Waals surface area contributed by atoms with Gasteiger partial charge in [-0.25, -0.2) is 0 Å². The summed E-state index contributed by atoms with van der Waals surface area (Å²) in [6.07, 6.45) is 0. The summed E-state index contributed by atoms with van der Waals surface area (Å²) in [7, 11) is 1.55. The highest BCUT2D eigenvalue weighted by molar-refractivity contribution is 6.31. The van der Waals surface area contributed by atoms with Crippen LogP contribution < -0.4 is 15.4 Å². The van der Waals surface area contributed by atoms with E-state index in [0.29, 0.717) is 16.5 Å². The van der Waals surface area contributed by atoms with Gasteiger partial charge in [0.1, 0.15) is 5.75 Å². The molecular formula is C20H19ClN2O2. The Labute approximate surface area is 151 Å². The van der Waals surface area contributed by atoms with E-state index in [1.54, 1.807) is 19.2 Å². The molecule has 4 nitrogen and oxygen atoms in total. The lowest BCUT2D eigenvalue weighted by Crippen LogP contribution is -2.22. The summed E-state index contributed by atoms with van der Waals surface area (Å²) in [6, 6.07) is 17.6. The first kappa shape index (κ1) is 17.1.